The summed E-state index contributed by atoms with van der Waals surface area (Å²) in [5.41, 5.74) is 1.23. The Morgan fingerprint density at radius 2 is 1.96 bits per heavy atom. The molecule has 0 saturated carbocycles. The summed E-state index contributed by atoms with van der Waals surface area (Å²) in [4.78, 5) is 11.3. The van der Waals surface area contributed by atoms with Gasteiger partial charge in [-0.05, 0) is 46.1 Å². The van der Waals surface area contributed by atoms with Crippen LogP contribution in [0.25, 0.3) is 0 Å². The highest BCUT2D eigenvalue weighted by atomic mass is 79.9. The highest BCUT2D eigenvalue weighted by Crippen LogP contribution is 2.35. The van der Waals surface area contributed by atoms with Crippen LogP contribution < -0.4 is 14.8 Å². The molecule has 0 radical (unpaired) electrons. The van der Waals surface area contributed by atoms with Gasteiger partial charge < -0.3 is 10.1 Å². The van der Waals surface area contributed by atoms with Crippen LogP contribution >= 0.6 is 15.9 Å². The molecule has 1 heterocycles. The molecular weight excluding hydrogens is 415 g/mol. The molecule has 0 aliphatic carbocycles. The number of sulfonamides is 1. The van der Waals surface area contributed by atoms with E-state index < -0.39 is 10.0 Å². The van der Waals surface area contributed by atoms with E-state index in [1.807, 2.05) is 0 Å². The second kappa shape index (κ2) is 7.11. The molecule has 0 fully saturated rings. The molecule has 0 atom stereocenters. The lowest BCUT2D eigenvalue weighted by molar-refractivity contribution is -0.118. The summed E-state index contributed by atoms with van der Waals surface area (Å²) in [6, 6.07) is 8.72. The van der Waals surface area contributed by atoms with Gasteiger partial charge in [0.1, 0.15) is 11.6 Å². The fourth-order valence-corrected chi connectivity index (χ4v) is 4.43. The van der Waals surface area contributed by atoms with Crippen molar-refractivity contribution in [2.45, 2.75) is 11.3 Å². The van der Waals surface area contributed by atoms with Gasteiger partial charge >= 0.3 is 0 Å². The van der Waals surface area contributed by atoms with Crippen molar-refractivity contribution in [3.63, 3.8) is 0 Å². The van der Waals surface area contributed by atoms with E-state index in [-0.39, 0.29) is 29.8 Å². The second-order valence-corrected chi connectivity index (χ2v) is 7.98. The van der Waals surface area contributed by atoms with Gasteiger partial charge in [0.25, 0.3) is 5.91 Å². The number of amides is 1. The van der Waals surface area contributed by atoms with Gasteiger partial charge in [-0.3, -0.25) is 4.79 Å². The van der Waals surface area contributed by atoms with Crippen LogP contribution in [-0.2, 0) is 21.2 Å². The Balaban J connectivity index is 1.73. The Hall–Kier alpha value is -1.97. The largest absolute Gasteiger partial charge is 0.482 e. The van der Waals surface area contributed by atoms with E-state index in [2.05, 4.69) is 26.0 Å². The fourth-order valence-electron chi connectivity index (χ4n) is 2.35. The number of hydrogen-bond acceptors (Lipinski definition) is 4. The molecule has 3 rings (SSSR count). The number of nitrogens with one attached hydrogen (secondary N) is 2. The monoisotopic (exact) mass is 428 g/mol. The fraction of sp³-hybridized carbons (Fsp3) is 0.188. The molecular formula is C16H14BrFN2O4S. The van der Waals surface area contributed by atoms with Gasteiger partial charge in [0.05, 0.1) is 10.6 Å². The van der Waals surface area contributed by atoms with Crippen molar-refractivity contribution in [2.24, 2.45) is 0 Å². The van der Waals surface area contributed by atoms with Crippen molar-refractivity contribution in [2.75, 3.05) is 18.5 Å². The maximum absolute atomic E-state index is 12.9. The molecule has 6 nitrogen and oxygen atoms in total. The maximum Gasteiger partial charge on any atom is 0.262 e. The molecule has 0 aromatic heterocycles. The quantitative estimate of drug-likeness (QED) is 0.765. The van der Waals surface area contributed by atoms with E-state index in [9.17, 15) is 17.6 Å². The van der Waals surface area contributed by atoms with Crippen molar-refractivity contribution in [1.29, 1.82) is 0 Å². The Kier molecular flexibility index (Phi) is 5.07. The van der Waals surface area contributed by atoms with Gasteiger partial charge in [-0.2, -0.15) is 0 Å². The molecule has 0 unspecified atom stereocenters. The molecule has 132 valence electrons. The zero-order valence-corrected chi connectivity index (χ0v) is 15.3. The van der Waals surface area contributed by atoms with E-state index in [0.29, 0.717) is 22.3 Å². The van der Waals surface area contributed by atoms with Crippen LogP contribution in [0.3, 0.4) is 0 Å². The molecule has 0 spiro atoms. The highest BCUT2D eigenvalue weighted by molar-refractivity contribution is 9.10. The maximum atomic E-state index is 12.9. The van der Waals surface area contributed by atoms with E-state index in [4.69, 9.17) is 4.74 Å². The smallest absolute Gasteiger partial charge is 0.262 e. The molecule has 2 aromatic carbocycles. The standard InChI is InChI=1S/C16H14BrFN2O4S/c17-12-7-13-14(24-9-16(21)20-13)8-15(12)25(22,23)19-6-5-10-1-3-11(18)4-2-10/h1-4,7-8,19H,5-6,9H2,(H,20,21). The lowest BCUT2D eigenvalue weighted by atomic mass is 10.1. The Morgan fingerprint density at radius 3 is 2.68 bits per heavy atom. The molecule has 9 heteroatoms. The normalized spacial score (nSPS) is 13.8. The molecule has 1 amide bonds. The summed E-state index contributed by atoms with van der Waals surface area (Å²) in [5.74, 6) is -0.344. The molecule has 1 aliphatic rings. The summed E-state index contributed by atoms with van der Waals surface area (Å²) in [6.45, 7) is 0.00119. The zero-order chi connectivity index (χ0) is 18.0. The summed E-state index contributed by atoms with van der Waals surface area (Å²) in [5, 5.41) is 2.61. The summed E-state index contributed by atoms with van der Waals surface area (Å²) >= 11 is 3.21. The van der Waals surface area contributed by atoms with Crippen LogP contribution in [0.1, 0.15) is 5.56 Å². The van der Waals surface area contributed by atoms with E-state index >= 15 is 0 Å². The van der Waals surface area contributed by atoms with Crippen LogP contribution in [0.4, 0.5) is 10.1 Å². The third-order valence-corrected chi connectivity index (χ3v) is 5.99. The zero-order valence-electron chi connectivity index (χ0n) is 12.9. The average Bonchev–Trinajstić information content (AvgIpc) is 2.55. The number of rotatable bonds is 5. The lowest BCUT2D eigenvalue weighted by Crippen LogP contribution is -2.28. The van der Waals surface area contributed by atoms with Gasteiger partial charge in [0.15, 0.2) is 6.61 Å². The third kappa shape index (κ3) is 4.17. The van der Waals surface area contributed by atoms with Gasteiger partial charge in [0.2, 0.25) is 10.0 Å². The van der Waals surface area contributed by atoms with Crippen LogP contribution in [0.5, 0.6) is 5.75 Å². The van der Waals surface area contributed by atoms with Crippen molar-refractivity contribution < 1.29 is 22.3 Å². The minimum Gasteiger partial charge on any atom is -0.482 e. The summed E-state index contributed by atoms with van der Waals surface area (Å²) in [6.07, 6.45) is 0.425. The van der Waals surface area contributed by atoms with Crippen LogP contribution in [0.15, 0.2) is 45.8 Å². The average molecular weight is 429 g/mol. The van der Waals surface area contributed by atoms with Crippen molar-refractivity contribution >= 4 is 37.5 Å². The number of hydrogen-bond donors (Lipinski definition) is 2. The molecule has 1 aliphatic heterocycles. The number of fused-ring (bicyclic) bond motifs is 1. The number of halogens is 2. The highest BCUT2D eigenvalue weighted by Gasteiger charge is 2.24. The minimum absolute atomic E-state index is 0.0153. The summed E-state index contributed by atoms with van der Waals surface area (Å²) in [7, 11) is -3.78. The predicted octanol–water partition coefficient (Wildman–Crippen LogP) is 2.44. The number of ether oxygens (including phenoxy) is 1. The first-order chi connectivity index (χ1) is 11.8. The van der Waals surface area contributed by atoms with Crippen molar-refractivity contribution in [3.8, 4) is 5.75 Å². The Labute approximate surface area is 152 Å². The lowest BCUT2D eigenvalue weighted by Gasteiger charge is -2.19. The van der Waals surface area contributed by atoms with E-state index in [0.717, 1.165) is 5.56 Å². The Bertz CT molecular complexity index is 916. The number of carbonyl (C=O) groups excluding carboxylic acids is 1. The first-order valence-corrected chi connectivity index (χ1v) is 9.63. The number of anilines is 1. The van der Waals surface area contributed by atoms with Crippen molar-refractivity contribution in [3.05, 3.63) is 52.3 Å². The predicted molar refractivity (Wildman–Crippen MR) is 93.6 cm³/mol. The van der Waals surface area contributed by atoms with Gasteiger partial charge in [-0.25, -0.2) is 17.5 Å². The van der Waals surface area contributed by atoms with Gasteiger partial charge in [-0.1, -0.05) is 12.1 Å². The van der Waals surface area contributed by atoms with Crippen molar-refractivity contribution in [1.82, 2.24) is 4.72 Å². The Morgan fingerprint density at radius 1 is 1.24 bits per heavy atom. The SMILES string of the molecule is O=C1COc2cc(S(=O)(=O)NCCc3ccc(F)cc3)c(Br)cc2N1. The third-order valence-electron chi connectivity index (χ3n) is 3.58. The summed E-state index contributed by atoms with van der Waals surface area (Å²) < 4.78 is 45.9. The molecule has 0 bridgehead atoms. The minimum atomic E-state index is -3.78. The van der Waals surface area contributed by atoms with Crippen LogP contribution in [0.2, 0.25) is 0 Å². The second-order valence-electron chi connectivity index (χ2n) is 5.39. The first kappa shape index (κ1) is 17.8. The van der Waals surface area contributed by atoms with Gasteiger partial charge in [0, 0.05) is 17.1 Å². The topological polar surface area (TPSA) is 84.5 Å². The van der Waals surface area contributed by atoms with Crippen LogP contribution in [0, 0.1) is 5.82 Å². The van der Waals surface area contributed by atoms with E-state index in [1.165, 1.54) is 24.3 Å². The number of carbonyl (C=O) groups is 1. The molecule has 2 aromatic rings. The molecule has 0 saturated heterocycles. The molecule has 25 heavy (non-hydrogen) atoms. The van der Waals surface area contributed by atoms with Crippen LogP contribution in [-0.4, -0.2) is 27.5 Å². The first-order valence-electron chi connectivity index (χ1n) is 7.35. The van der Waals surface area contributed by atoms with E-state index in [1.54, 1.807) is 12.1 Å². The number of benzene rings is 2. The molecule has 2 N–H and O–H groups in total. The van der Waals surface area contributed by atoms with Gasteiger partial charge in [-0.15, -0.1) is 0 Å².